The normalized spacial score (nSPS) is 11.9. The van der Waals surface area contributed by atoms with Gasteiger partial charge in [-0.15, -0.1) is 0 Å². The number of carbonyl (C=O) groups is 1. The monoisotopic (exact) mass is 228 g/mol. The minimum absolute atomic E-state index is 0.0766. The third kappa shape index (κ3) is 3.71. The molecule has 0 bridgehead atoms. The molecule has 0 aromatic carbocycles. The third-order valence-corrected chi connectivity index (χ3v) is 1.92. The van der Waals surface area contributed by atoms with E-state index in [0.717, 1.165) is 0 Å². The van der Waals surface area contributed by atoms with Gasteiger partial charge >= 0.3 is 0 Å². The van der Waals surface area contributed by atoms with Gasteiger partial charge in [-0.2, -0.15) is 0 Å². The van der Waals surface area contributed by atoms with E-state index in [9.17, 15) is 4.79 Å². The first-order valence-electron chi connectivity index (χ1n) is 4.66. The van der Waals surface area contributed by atoms with Gasteiger partial charge in [0.25, 0.3) is 0 Å². The van der Waals surface area contributed by atoms with Gasteiger partial charge < -0.3 is 10.6 Å². The first-order valence-corrected chi connectivity index (χ1v) is 5.04. The van der Waals surface area contributed by atoms with E-state index < -0.39 is 0 Å². The average molecular weight is 229 g/mol. The summed E-state index contributed by atoms with van der Waals surface area (Å²) in [5.74, 6) is 0.459. The number of amides is 1. The summed E-state index contributed by atoms with van der Waals surface area (Å²) >= 11 is 5.61. The highest BCUT2D eigenvalue weighted by molar-refractivity contribution is 6.28. The summed E-state index contributed by atoms with van der Waals surface area (Å²) in [5, 5.41) is 5.78. The Morgan fingerprint density at radius 2 is 2.40 bits per heavy atom. The fraction of sp³-hybridized carbons (Fsp3) is 0.444. The van der Waals surface area contributed by atoms with Crippen LogP contribution in [-0.4, -0.2) is 28.5 Å². The number of anilines is 1. The summed E-state index contributed by atoms with van der Waals surface area (Å²) in [6, 6.07) is 1.30. The molecule has 2 N–H and O–H groups in total. The van der Waals surface area contributed by atoms with Crippen LogP contribution in [0.5, 0.6) is 0 Å². The van der Waals surface area contributed by atoms with Crippen LogP contribution in [0.4, 0.5) is 5.82 Å². The number of hydrogen-bond donors (Lipinski definition) is 2. The van der Waals surface area contributed by atoms with Gasteiger partial charge in [-0.25, -0.2) is 9.97 Å². The molecule has 0 aliphatic rings. The Labute approximate surface area is 93.3 Å². The summed E-state index contributed by atoms with van der Waals surface area (Å²) in [4.78, 5) is 19.0. The average Bonchev–Trinajstić information content (AvgIpc) is 2.18. The Bertz CT molecular complexity index is 345. The zero-order valence-corrected chi connectivity index (χ0v) is 9.38. The SMILES string of the molecule is CCNC(=O)C(C)Nc1ccnc(Cl)n1. The highest BCUT2D eigenvalue weighted by atomic mass is 35.5. The van der Waals surface area contributed by atoms with Crippen LogP contribution < -0.4 is 10.6 Å². The maximum atomic E-state index is 11.4. The van der Waals surface area contributed by atoms with Gasteiger partial charge in [0, 0.05) is 12.7 Å². The molecular weight excluding hydrogens is 216 g/mol. The van der Waals surface area contributed by atoms with Crippen LogP contribution in [0.15, 0.2) is 12.3 Å². The number of carbonyl (C=O) groups excluding carboxylic acids is 1. The van der Waals surface area contributed by atoms with Gasteiger partial charge in [0.15, 0.2) is 0 Å². The van der Waals surface area contributed by atoms with E-state index >= 15 is 0 Å². The van der Waals surface area contributed by atoms with Crippen molar-refractivity contribution in [3.63, 3.8) is 0 Å². The van der Waals surface area contributed by atoms with Crippen molar-refractivity contribution in [3.8, 4) is 0 Å². The molecule has 1 atom stereocenters. The van der Waals surface area contributed by atoms with Gasteiger partial charge in [0.2, 0.25) is 11.2 Å². The largest absolute Gasteiger partial charge is 0.358 e. The van der Waals surface area contributed by atoms with Crippen molar-refractivity contribution in [2.45, 2.75) is 19.9 Å². The van der Waals surface area contributed by atoms with Crippen LogP contribution in [0, 0.1) is 0 Å². The predicted molar refractivity (Wildman–Crippen MR) is 58.8 cm³/mol. The van der Waals surface area contributed by atoms with Crippen LogP contribution in [0.2, 0.25) is 5.28 Å². The summed E-state index contributed by atoms with van der Waals surface area (Å²) < 4.78 is 0. The molecule has 0 aliphatic heterocycles. The van der Waals surface area contributed by atoms with Gasteiger partial charge in [0.05, 0.1) is 0 Å². The predicted octanol–water partition coefficient (Wildman–Crippen LogP) is 1.07. The van der Waals surface area contributed by atoms with E-state index in [2.05, 4.69) is 20.6 Å². The molecule has 1 aromatic rings. The summed E-state index contributed by atoms with van der Waals surface area (Å²) in [6.45, 7) is 4.22. The number of rotatable bonds is 4. The Hall–Kier alpha value is -1.36. The van der Waals surface area contributed by atoms with Crippen molar-refractivity contribution in [2.24, 2.45) is 0 Å². The molecule has 15 heavy (non-hydrogen) atoms. The molecular formula is C9H13ClN4O. The van der Waals surface area contributed by atoms with E-state index in [1.54, 1.807) is 13.0 Å². The Kier molecular flexibility index (Phi) is 4.30. The topological polar surface area (TPSA) is 66.9 Å². The molecule has 0 saturated carbocycles. The van der Waals surface area contributed by atoms with Crippen LogP contribution in [0.25, 0.3) is 0 Å². The van der Waals surface area contributed by atoms with Crippen LogP contribution in [0.1, 0.15) is 13.8 Å². The highest BCUT2D eigenvalue weighted by Gasteiger charge is 2.11. The number of nitrogens with one attached hydrogen (secondary N) is 2. The van der Waals surface area contributed by atoms with Crippen LogP contribution in [-0.2, 0) is 4.79 Å². The molecule has 6 heteroatoms. The second-order valence-corrected chi connectivity index (χ2v) is 3.31. The number of hydrogen-bond acceptors (Lipinski definition) is 4. The zero-order valence-electron chi connectivity index (χ0n) is 8.62. The minimum atomic E-state index is -0.351. The van der Waals surface area contributed by atoms with Crippen molar-refractivity contribution in [3.05, 3.63) is 17.5 Å². The molecule has 82 valence electrons. The lowest BCUT2D eigenvalue weighted by Crippen LogP contribution is -2.37. The molecule has 0 saturated heterocycles. The minimum Gasteiger partial charge on any atom is -0.358 e. The lowest BCUT2D eigenvalue weighted by Gasteiger charge is -2.13. The fourth-order valence-electron chi connectivity index (χ4n) is 1.03. The molecule has 1 heterocycles. The quantitative estimate of drug-likeness (QED) is 0.757. The standard InChI is InChI=1S/C9H13ClN4O/c1-3-11-8(15)6(2)13-7-4-5-12-9(10)14-7/h4-6H,3H2,1-2H3,(H,11,15)(H,12,13,14). The van der Waals surface area contributed by atoms with Gasteiger partial charge in [-0.05, 0) is 31.5 Å². The Balaban J connectivity index is 2.58. The molecule has 0 spiro atoms. The van der Waals surface area contributed by atoms with E-state index in [-0.39, 0.29) is 17.2 Å². The van der Waals surface area contributed by atoms with E-state index in [4.69, 9.17) is 11.6 Å². The molecule has 1 unspecified atom stereocenters. The summed E-state index contributed by atoms with van der Waals surface area (Å²) in [7, 11) is 0. The molecule has 1 aromatic heterocycles. The van der Waals surface area contributed by atoms with Crippen molar-refractivity contribution in [1.29, 1.82) is 0 Å². The second kappa shape index (κ2) is 5.50. The summed E-state index contributed by atoms with van der Waals surface area (Å²) in [5.41, 5.74) is 0. The summed E-state index contributed by atoms with van der Waals surface area (Å²) in [6.07, 6.45) is 1.53. The Morgan fingerprint density at radius 1 is 1.67 bits per heavy atom. The lowest BCUT2D eigenvalue weighted by atomic mass is 10.3. The van der Waals surface area contributed by atoms with Crippen molar-refractivity contribution in [1.82, 2.24) is 15.3 Å². The molecule has 0 aliphatic carbocycles. The van der Waals surface area contributed by atoms with Crippen molar-refractivity contribution in [2.75, 3.05) is 11.9 Å². The van der Waals surface area contributed by atoms with E-state index in [0.29, 0.717) is 12.4 Å². The molecule has 1 rings (SSSR count). The number of likely N-dealkylation sites (N-methyl/N-ethyl adjacent to an activating group) is 1. The highest BCUT2D eigenvalue weighted by Crippen LogP contribution is 2.07. The second-order valence-electron chi connectivity index (χ2n) is 2.97. The number of nitrogens with zero attached hydrogens (tertiary/aromatic N) is 2. The van der Waals surface area contributed by atoms with Gasteiger partial charge in [-0.3, -0.25) is 4.79 Å². The first-order chi connectivity index (χ1) is 7.13. The third-order valence-electron chi connectivity index (χ3n) is 1.73. The maximum absolute atomic E-state index is 11.4. The van der Waals surface area contributed by atoms with Crippen molar-refractivity contribution < 1.29 is 4.79 Å². The van der Waals surface area contributed by atoms with Gasteiger partial charge in [0.1, 0.15) is 11.9 Å². The fourth-order valence-corrected chi connectivity index (χ4v) is 1.18. The Morgan fingerprint density at radius 3 is 3.00 bits per heavy atom. The number of halogens is 1. The molecule has 0 fully saturated rings. The van der Waals surface area contributed by atoms with Crippen LogP contribution >= 0.6 is 11.6 Å². The maximum Gasteiger partial charge on any atom is 0.242 e. The molecule has 1 amide bonds. The first kappa shape index (κ1) is 11.7. The van der Waals surface area contributed by atoms with Crippen molar-refractivity contribution >= 4 is 23.3 Å². The van der Waals surface area contributed by atoms with E-state index in [1.165, 1.54) is 6.20 Å². The van der Waals surface area contributed by atoms with Gasteiger partial charge in [-0.1, -0.05) is 0 Å². The zero-order chi connectivity index (χ0) is 11.3. The molecule has 5 nitrogen and oxygen atoms in total. The number of aromatic nitrogens is 2. The van der Waals surface area contributed by atoms with Crippen LogP contribution in [0.3, 0.4) is 0 Å². The smallest absolute Gasteiger partial charge is 0.242 e. The molecule has 0 radical (unpaired) electrons. The van der Waals surface area contributed by atoms with E-state index in [1.807, 2.05) is 6.92 Å². The lowest BCUT2D eigenvalue weighted by molar-refractivity contribution is -0.121.